The molecule has 86 valence electrons. The average molecular weight is 224 g/mol. The van der Waals surface area contributed by atoms with Crippen molar-refractivity contribution in [2.75, 3.05) is 6.61 Å². The van der Waals surface area contributed by atoms with E-state index in [4.69, 9.17) is 4.74 Å². The average Bonchev–Trinajstić information content (AvgIpc) is 2.38. The summed E-state index contributed by atoms with van der Waals surface area (Å²) in [4.78, 5) is 0. The molecular formula is C16H16O. The minimum Gasteiger partial charge on any atom is -0.490 e. The zero-order valence-corrected chi connectivity index (χ0v) is 9.97. The predicted octanol–water partition coefficient (Wildman–Crippen LogP) is 4.09. The fourth-order valence-electron chi connectivity index (χ4n) is 1.53. The van der Waals surface area contributed by atoms with Gasteiger partial charge in [0.2, 0.25) is 0 Å². The molecule has 17 heavy (non-hydrogen) atoms. The van der Waals surface area contributed by atoms with Crippen LogP contribution in [0.25, 0.3) is 6.08 Å². The van der Waals surface area contributed by atoms with Crippen molar-refractivity contribution >= 4 is 6.08 Å². The number of hydrogen-bond donors (Lipinski definition) is 0. The van der Waals surface area contributed by atoms with Gasteiger partial charge in [-0.2, -0.15) is 0 Å². The van der Waals surface area contributed by atoms with Crippen molar-refractivity contribution in [1.29, 1.82) is 0 Å². The molecular weight excluding hydrogens is 208 g/mol. The Labute approximate surface area is 102 Å². The summed E-state index contributed by atoms with van der Waals surface area (Å²) in [5.74, 6) is 0.910. The maximum absolute atomic E-state index is 5.60. The van der Waals surface area contributed by atoms with Crippen LogP contribution >= 0.6 is 0 Å². The number of hydrogen-bond acceptors (Lipinski definition) is 1. The smallest absolute Gasteiger partial charge is 0.119 e. The molecule has 0 unspecified atom stereocenters. The third-order valence-corrected chi connectivity index (χ3v) is 2.48. The lowest BCUT2D eigenvalue weighted by atomic mass is 10.2. The van der Waals surface area contributed by atoms with Gasteiger partial charge in [-0.15, -0.1) is 0 Å². The Morgan fingerprint density at radius 3 is 2.35 bits per heavy atom. The minimum atomic E-state index is 0.595. The monoisotopic (exact) mass is 224 g/mol. The predicted molar refractivity (Wildman–Crippen MR) is 72.2 cm³/mol. The fourth-order valence-corrected chi connectivity index (χ4v) is 1.53. The largest absolute Gasteiger partial charge is 0.490 e. The van der Waals surface area contributed by atoms with Crippen LogP contribution in [0.5, 0.6) is 5.75 Å². The van der Waals surface area contributed by atoms with Crippen LogP contribution in [0.2, 0.25) is 0 Å². The topological polar surface area (TPSA) is 9.23 Å². The molecule has 0 bridgehead atoms. The third-order valence-electron chi connectivity index (χ3n) is 2.48. The van der Waals surface area contributed by atoms with E-state index in [-0.39, 0.29) is 0 Å². The molecule has 1 nitrogen and oxygen atoms in total. The van der Waals surface area contributed by atoms with E-state index >= 15 is 0 Å². The van der Waals surface area contributed by atoms with Crippen LogP contribution in [0.4, 0.5) is 0 Å². The summed E-state index contributed by atoms with van der Waals surface area (Å²) in [7, 11) is 0. The molecule has 0 radical (unpaired) electrons. The van der Waals surface area contributed by atoms with Gasteiger partial charge in [0.25, 0.3) is 0 Å². The maximum Gasteiger partial charge on any atom is 0.119 e. The van der Waals surface area contributed by atoms with Crippen molar-refractivity contribution in [3.05, 3.63) is 71.8 Å². The fraction of sp³-hybridized carbons (Fsp3) is 0.125. The van der Waals surface area contributed by atoms with Crippen molar-refractivity contribution in [3.63, 3.8) is 0 Å². The molecule has 0 saturated carbocycles. The Kier molecular flexibility index (Phi) is 3.98. The Morgan fingerprint density at radius 1 is 0.941 bits per heavy atom. The van der Waals surface area contributed by atoms with Crippen molar-refractivity contribution in [1.82, 2.24) is 0 Å². The van der Waals surface area contributed by atoms with Crippen LogP contribution in [0.3, 0.4) is 0 Å². The molecule has 0 fully saturated rings. The summed E-state index contributed by atoms with van der Waals surface area (Å²) < 4.78 is 5.60. The molecule has 0 aliphatic rings. The number of aryl methyl sites for hydroxylation is 1. The zero-order chi connectivity index (χ0) is 11.9. The van der Waals surface area contributed by atoms with E-state index in [9.17, 15) is 0 Å². The second-order valence-corrected chi connectivity index (χ2v) is 3.94. The van der Waals surface area contributed by atoms with E-state index in [1.807, 2.05) is 36.4 Å². The van der Waals surface area contributed by atoms with Crippen LogP contribution in [0.15, 0.2) is 60.7 Å². The van der Waals surface area contributed by atoms with E-state index in [1.165, 1.54) is 11.1 Å². The van der Waals surface area contributed by atoms with Gasteiger partial charge < -0.3 is 4.74 Å². The number of benzene rings is 2. The molecule has 0 heterocycles. The molecule has 0 aliphatic carbocycles. The Hall–Kier alpha value is -2.02. The molecule has 0 spiro atoms. The van der Waals surface area contributed by atoms with E-state index in [0.29, 0.717) is 6.61 Å². The van der Waals surface area contributed by atoms with Crippen LogP contribution in [-0.4, -0.2) is 6.61 Å². The van der Waals surface area contributed by atoms with Gasteiger partial charge in [0.15, 0.2) is 0 Å². The first-order chi connectivity index (χ1) is 8.34. The summed E-state index contributed by atoms with van der Waals surface area (Å²) in [5.41, 5.74) is 2.44. The quantitative estimate of drug-likeness (QED) is 0.760. The van der Waals surface area contributed by atoms with Gasteiger partial charge >= 0.3 is 0 Å². The standard InChI is InChI=1S/C16H16O/c1-14-9-11-16(12-10-14)17-13-5-8-15-6-3-2-4-7-15/h2-12H,13H2,1H3/b8-5-. The third kappa shape index (κ3) is 3.80. The van der Waals surface area contributed by atoms with Crippen molar-refractivity contribution < 1.29 is 4.74 Å². The lowest BCUT2D eigenvalue weighted by molar-refractivity contribution is 0.363. The van der Waals surface area contributed by atoms with Gasteiger partial charge in [0.1, 0.15) is 12.4 Å². The van der Waals surface area contributed by atoms with E-state index in [2.05, 4.69) is 37.3 Å². The molecule has 0 amide bonds. The second kappa shape index (κ2) is 5.90. The van der Waals surface area contributed by atoms with E-state index in [0.717, 1.165) is 5.75 Å². The Morgan fingerprint density at radius 2 is 1.65 bits per heavy atom. The first-order valence-corrected chi connectivity index (χ1v) is 5.76. The van der Waals surface area contributed by atoms with Gasteiger partial charge in [0, 0.05) is 0 Å². The molecule has 0 aliphatic heterocycles. The lowest BCUT2D eigenvalue weighted by Crippen LogP contribution is -1.92. The second-order valence-electron chi connectivity index (χ2n) is 3.94. The first-order valence-electron chi connectivity index (χ1n) is 5.76. The molecule has 0 atom stereocenters. The van der Waals surface area contributed by atoms with Gasteiger partial charge in [-0.3, -0.25) is 0 Å². The number of rotatable bonds is 4. The van der Waals surface area contributed by atoms with Crippen molar-refractivity contribution in [2.24, 2.45) is 0 Å². The molecule has 2 aromatic carbocycles. The maximum atomic E-state index is 5.60. The molecule has 2 aromatic rings. The van der Waals surface area contributed by atoms with Crippen molar-refractivity contribution in [3.8, 4) is 5.75 Å². The number of ether oxygens (including phenoxy) is 1. The van der Waals surface area contributed by atoms with E-state index < -0.39 is 0 Å². The summed E-state index contributed by atoms with van der Waals surface area (Å²) in [6.07, 6.45) is 4.09. The highest BCUT2D eigenvalue weighted by Gasteiger charge is 1.90. The molecule has 2 rings (SSSR count). The Balaban J connectivity index is 1.84. The molecule has 0 saturated heterocycles. The SMILES string of the molecule is Cc1ccc(OC/C=C\c2ccccc2)cc1. The highest BCUT2D eigenvalue weighted by Crippen LogP contribution is 2.11. The van der Waals surface area contributed by atoms with Gasteiger partial charge in [-0.1, -0.05) is 54.1 Å². The molecule has 1 heteroatoms. The van der Waals surface area contributed by atoms with Crippen molar-refractivity contribution in [2.45, 2.75) is 6.92 Å². The highest BCUT2D eigenvalue weighted by molar-refractivity contribution is 5.48. The van der Waals surface area contributed by atoms with Crippen LogP contribution in [-0.2, 0) is 0 Å². The zero-order valence-electron chi connectivity index (χ0n) is 9.97. The summed E-state index contributed by atoms with van der Waals surface area (Å²) in [6, 6.07) is 18.3. The lowest BCUT2D eigenvalue weighted by Gasteiger charge is -2.02. The summed E-state index contributed by atoms with van der Waals surface area (Å²) in [5, 5.41) is 0. The van der Waals surface area contributed by atoms with E-state index in [1.54, 1.807) is 0 Å². The van der Waals surface area contributed by atoms with Crippen LogP contribution in [0, 0.1) is 6.92 Å². The normalized spacial score (nSPS) is 10.6. The van der Waals surface area contributed by atoms with Gasteiger partial charge in [-0.25, -0.2) is 0 Å². The molecule has 0 aromatic heterocycles. The summed E-state index contributed by atoms with van der Waals surface area (Å²) >= 11 is 0. The Bertz CT molecular complexity index is 469. The van der Waals surface area contributed by atoms with Crippen LogP contribution in [0.1, 0.15) is 11.1 Å². The van der Waals surface area contributed by atoms with Crippen LogP contribution < -0.4 is 4.74 Å². The molecule has 0 N–H and O–H groups in total. The highest BCUT2D eigenvalue weighted by atomic mass is 16.5. The van der Waals surface area contributed by atoms with Gasteiger partial charge in [0.05, 0.1) is 0 Å². The first kappa shape index (κ1) is 11.5. The van der Waals surface area contributed by atoms with Gasteiger partial charge in [-0.05, 0) is 30.7 Å². The summed E-state index contributed by atoms with van der Waals surface area (Å²) in [6.45, 7) is 2.66. The minimum absolute atomic E-state index is 0.595.